The van der Waals surface area contributed by atoms with E-state index in [1.165, 1.54) is 0 Å². The molecule has 0 saturated heterocycles. The Morgan fingerprint density at radius 2 is 2.10 bits per heavy atom. The molecule has 0 fully saturated rings. The first kappa shape index (κ1) is 17.0. The number of carbonyl (C=O) groups is 2. The van der Waals surface area contributed by atoms with Gasteiger partial charge in [-0.3, -0.25) is 9.59 Å². The van der Waals surface area contributed by atoms with E-state index in [9.17, 15) is 9.59 Å². The molecular weight excluding hydrogens is 268 g/mol. The van der Waals surface area contributed by atoms with E-state index in [0.717, 1.165) is 24.8 Å². The summed E-state index contributed by atoms with van der Waals surface area (Å²) in [5.41, 5.74) is 7.02. The van der Waals surface area contributed by atoms with Crippen LogP contribution in [0.15, 0.2) is 24.3 Å². The smallest absolute Gasteiger partial charge is 0.311 e. The predicted molar refractivity (Wildman–Crippen MR) is 82.6 cm³/mol. The molecule has 1 unspecified atom stereocenters. The van der Waals surface area contributed by atoms with Crippen molar-refractivity contribution in [3.8, 4) is 0 Å². The van der Waals surface area contributed by atoms with Crippen LogP contribution in [0.4, 0.5) is 5.69 Å². The summed E-state index contributed by atoms with van der Waals surface area (Å²) in [5.74, 6) is -0.691. The van der Waals surface area contributed by atoms with E-state index < -0.39 is 12.1 Å². The number of esters is 1. The molecule has 0 heterocycles. The average Bonchev–Trinajstić information content (AvgIpc) is 2.43. The third kappa shape index (κ3) is 6.79. The standard InChI is InChI=1S/C16H24N2O3/c1-3-4-5-9-18-16(20)12(2)21-15(19)11-13-7-6-8-14(17)10-13/h6-8,10,12H,3-5,9,11,17H2,1-2H3,(H,18,20). The molecule has 5 heteroatoms. The first-order valence-corrected chi connectivity index (χ1v) is 7.34. The number of hydrogen-bond donors (Lipinski definition) is 2. The monoisotopic (exact) mass is 292 g/mol. The Morgan fingerprint density at radius 1 is 1.33 bits per heavy atom. The highest BCUT2D eigenvalue weighted by Crippen LogP contribution is 2.08. The van der Waals surface area contributed by atoms with E-state index >= 15 is 0 Å². The molecule has 0 spiro atoms. The van der Waals surface area contributed by atoms with Crippen molar-refractivity contribution >= 4 is 17.6 Å². The number of hydrogen-bond acceptors (Lipinski definition) is 4. The summed E-state index contributed by atoms with van der Waals surface area (Å²) in [6.45, 7) is 4.29. The van der Waals surface area contributed by atoms with Crippen molar-refractivity contribution in [3.63, 3.8) is 0 Å². The van der Waals surface area contributed by atoms with E-state index in [0.29, 0.717) is 12.2 Å². The predicted octanol–water partition coefficient (Wildman–Crippen LogP) is 2.05. The first-order valence-electron chi connectivity index (χ1n) is 7.34. The van der Waals surface area contributed by atoms with Crippen LogP contribution in [0.25, 0.3) is 0 Å². The van der Waals surface area contributed by atoms with Gasteiger partial charge < -0.3 is 15.8 Å². The summed E-state index contributed by atoms with van der Waals surface area (Å²) in [5, 5.41) is 2.76. The van der Waals surface area contributed by atoms with Crippen LogP contribution in [0, 0.1) is 0 Å². The van der Waals surface area contributed by atoms with Crippen LogP contribution < -0.4 is 11.1 Å². The summed E-state index contributed by atoms with van der Waals surface area (Å²) in [7, 11) is 0. The second-order valence-electron chi connectivity index (χ2n) is 5.05. The molecule has 0 bridgehead atoms. The highest BCUT2D eigenvalue weighted by Gasteiger charge is 2.17. The van der Waals surface area contributed by atoms with Gasteiger partial charge in [-0.25, -0.2) is 0 Å². The van der Waals surface area contributed by atoms with Crippen molar-refractivity contribution in [2.75, 3.05) is 12.3 Å². The van der Waals surface area contributed by atoms with E-state index in [1.807, 2.05) is 0 Å². The van der Waals surface area contributed by atoms with Crippen LogP contribution in [-0.4, -0.2) is 24.5 Å². The molecule has 0 aliphatic rings. The van der Waals surface area contributed by atoms with E-state index in [4.69, 9.17) is 10.5 Å². The van der Waals surface area contributed by atoms with Crippen molar-refractivity contribution in [1.29, 1.82) is 0 Å². The number of ether oxygens (including phenoxy) is 1. The molecule has 0 radical (unpaired) electrons. The van der Waals surface area contributed by atoms with E-state index in [1.54, 1.807) is 31.2 Å². The maximum absolute atomic E-state index is 11.8. The van der Waals surface area contributed by atoms with Gasteiger partial charge in [0.2, 0.25) is 0 Å². The van der Waals surface area contributed by atoms with Crippen LogP contribution in [0.2, 0.25) is 0 Å². The largest absolute Gasteiger partial charge is 0.452 e. The zero-order chi connectivity index (χ0) is 15.7. The lowest BCUT2D eigenvalue weighted by Crippen LogP contribution is -2.36. The van der Waals surface area contributed by atoms with Crippen LogP contribution in [0.1, 0.15) is 38.7 Å². The molecule has 1 rings (SSSR count). The third-order valence-electron chi connectivity index (χ3n) is 3.06. The summed E-state index contributed by atoms with van der Waals surface area (Å²) in [6.07, 6.45) is 2.44. The number of nitrogen functional groups attached to an aromatic ring is 1. The Hall–Kier alpha value is -2.04. The van der Waals surface area contributed by atoms with Gasteiger partial charge >= 0.3 is 5.97 Å². The quantitative estimate of drug-likeness (QED) is 0.436. The molecule has 21 heavy (non-hydrogen) atoms. The summed E-state index contributed by atoms with van der Waals surface area (Å²) in [6, 6.07) is 7.05. The van der Waals surface area contributed by atoms with Crippen molar-refractivity contribution in [1.82, 2.24) is 5.32 Å². The minimum atomic E-state index is -0.778. The molecule has 1 atom stereocenters. The number of amides is 1. The Labute approximate surface area is 125 Å². The third-order valence-corrected chi connectivity index (χ3v) is 3.06. The molecule has 0 aliphatic heterocycles. The Balaban J connectivity index is 2.34. The lowest BCUT2D eigenvalue weighted by molar-refractivity contribution is -0.154. The number of nitrogens with two attached hydrogens (primary N) is 1. The summed E-state index contributed by atoms with van der Waals surface area (Å²) in [4.78, 5) is 23.5. The number of carbonyl (C=O) groups excluding carboxylic acids is 2. The minimum Gasteiger partial charge on any atom is -0.452 e. The summed E-state index contributed by atoms with van der Waals surface area (Å²) >= 11 is 0. The van der Waals surface area contributed by atoms with Crippen molar-refractivity contribution in [3.05, 3.63) is 29.8 Å². The van der Waals surface area contributed by atoms with Crippen molar-refractivity contribution in [2.45, 2.75) is 45.6 Å². The maximum Gasteiger partial charge on any atom is 0.311 e. The molecule has 0 aromatic heterocycles. The highest BCUT2D eigenvalue weighted by molar-refractivity contribution is 5.83. The molecular formula is C16H24N2O3. The fraction of sp³-hybridized carbons (Fsp3) is 0.500. The fourth-order valence-electron chi connectivity index (χ4n) is 1.89. The molecule has 1 aromatic carbocycles. The number of benzene rings is 1. The topological polar surface area (TPSA) is 81.4 Å². The lowest BCUT2D eigenvalue weighted by Gasteiger charge is -2.13. The fourth-order valence-corrected chi connectivity index (χ4v) is 1.89. The normalized spacial score (nSPS) is 11.7. The SMILES string of the molecule is CCCCCNC(=O)C(C)OC(=O)Cc1cccc(N)c1. The van der Waals surface area contributed by atoms with Gasteiger partial charge in [-0.15, -0.1) is 0 Å². The molecule has 1 amide bonds. The van der Waals surface area contributed by atoms with Gasteiger partial charge in [0.1, 0.15) is 0 Å². The maximum atomic E-state index is 11.8. The number of rotatable bonds is 8. The zero-order valence-corrected chi connectivity index (χ0v) is 12.7. The van der Waals surface area contributed by atoms with Crippen LogP contribution in [-0.2, 0) is 20.7 Å². The molecule has 116 valence electrons. The van der Waals surface area contributed by atoms with Gasteiger partial charge in [-0.1, -0.05) is 31.9 Å². The van der Waals surface area contributed by atoms with Gasteiger partial charge in [0.05, 0.1) is 6.42 Å². The van der Waals surface area contributed by atoms with Gasteiger partial charge in [-0.05, 0) is 31.0 Å². The zero-order valence-electron chi connectivity index (χ0n) is 12.7. The van der Waals surface area contributed by atoms with Crippen molar-refractivity contribution in [2.24, 2.45) is 0 Å². The first-order chi connectivity index (χ1) is 10.0. The molecule has 3 N–H and O–H groups in total. The minimum absolute atomic E-state index is 0.110. The molecule has 5 nitrogen and oxygen atoms in total. The Bertz CT molecular complexity index is 474. The second-order valence-corrected chi connectivity index (χ2v) is 5.05. The van der Waals surface area contributed by atoms with Crippen LogP contribution >= 0.6 is 0 Å². The van der Waals surface area contributed by atoms with E-state index in [2.05, 4.69) is 12.2 Å². The average molecular weight is 292 g/mol. The number of nitrogens with one attached hydrogen (secondary N) is 1. The highest BCUT2D eigenvalue weighted by atomic mass is 16.5. The Kier molecular flexibility index (Phi) is 7.29. The van der Waals surface area contributed by atoms with Crippen molar-refractivity contribution < 1.29 is 14.3 Å². The lowest BCUT2D eigenvalue weighted by atomic mass is 10.1. The van der Waals surface area contributed by atoms with Gasteiger partial charge in [0.25, 0.3) is 5.91 Å². The van der Waals surface area contributed by atoms with E-state index in [-0.39, 0.29) is 12.3 Å². The number of unbranched alkanes of at least 4 members (excludes halogenated alkanes) is 2. The van der Waals surface area contributed by atoms with Crippen LogP contribution in [0.3, 0.4) is 0 Å². The summed E-state index contributed by atoms with van der Waals surface area (Å²) < 4.78 is 5.12. The molecule has 0 aliphatic carbocycles. The molecule has 1 aromatic rings. The van der Waals surface area contributed by atoms with Crippen LogP contribution in [0.5, 0.6) is 0 Å². The van der Waals surface area contributed by atoms with Gasteiger partial charge in [0, 0.05) is 12.2 Å². The second kappa shape index (κ2) is 9.00. The number of anilines is 1. The Morgan fingerprint density at radius 3 is 2.76 bits per heavy atom. The van der Waals surface area contributed by atoms with Gasteiger partial charge in [-0.2, -0.15) is 0 Å². The van der Waals surface area contributed by atoms with Gasteiger partial charge in [0.15, 0.2) is 6.10 Å². The molecule has 0 saturated carbocycles.